The van der Waals surface area contributed by atoms with Crippen LogP contribution < -0.4 is 10.1 Å². The third kappa shape index (κ3) is 3.48. The van der Waals surface area contributed by atoms with Crippen molar-refractivity contribution in [2.45, 2.75) is 13.3 Å². The first-order chi connectivity index (χ1) is 9.70. The van der Waals surface area contributed by atoms with E-state index in [1.165, 1.54) is 12.5 Å². The first-order valence-electron chi connectivity index (χ1n) is 6.43. The number of hydrogen-bond donors (Lipinski definition) is 1. The zero-order valence-corrected chi connectivity index (χ0v) is 11.3. The molecule has 2 aromatic carbocycles. The van der Waals surface area contributed by atoms with Crippen LogP contribution in [0.2, 0.25) is 0 Å². The lowest BCUT2D eigenvalue weighted by atomic mass is 10.0. The third-order valence-electron chi connectivity index (χ3n) is 3.01. The summed E-state index contributed by atoms with van der Waals surface area (Å²) in [5.41, 5.74) is 1.19. The van der Waals surface area contributed by atoms with Crippen molar-refractivity contribution in [1.29, 1.82) is 0 Å². The number of ether oxygens (including phenoxy) is 1. The smallest absolute Gasteiger partial charge is 0.357 e. The number of carbonyl (C=O) groups excluding carboxylic acids is 1. The predicted octanol–water partition coefficient (Wildman–Crippen LogP) is 2.77. The van der Waals surface area contributed by atoms with E-state index in [9.17, 15) is 4.79 Å². The molecule has 102 valence electrons. The van der Waals surface area contributed by atoms with Gasteiger partial charge in [-0.2, -0.15) is 0 Å². The molecule has 0 atom stereocenters. The van der Waals surface area contributed by atoms with Crippen molar-refractivity contribution in [3.63, 3.8) is 0 Å². The summed E-state index contributed by atoms with van der Waals surface area (Å²) in [6.45, 7) is 8.91. The second-order valence-electron chi connectivity index (χ2n) is 4.46. The maximum atomic E-state index is 10.9. The lowest BCUT2D eigenvalue weighted by Crippen LogP contribution is -2.22. The Morgan fingerprint density at radius 2 is 2.20 bits per heavy atom. The fourth-order valence-electron chi connectivity index (χ4n) is 2.12. The molecule has 1 N–H and O–H groups in total. The number of rotatable bonds is 5. The third-order valence-corrected chi connectivity index (χ3v) is 3.01. The highest BCUT2D eigenvalue weighted by Gasteiger charge is 2.03. The first-order valence-corrected chi connectivity index (χ1v) is 6.43. The fraction of sp³-hybridized carbons (Fsp3) is 0.250. The van der Waals surface area contributed by atoms with Crippen molar-refractivity contribution in [1.82, 2.24) is 5.32 Å². The highest BCUT2D eigenvalue weighted by atomic mass is 16.5. The molecule has 0 spiro atoms. The van der Waals surface area contributed by atoms with Crippen LogP contribution in [0.3, 0.4) is 0 Å². The molecular formula is C16H16N2O2. The number of amides is 1. The van der Waals surface area contributed by atoms with Gasteiger partial charge in [-0.15, -0.1) is 0 Å². The molecule has 2 rings (SSSR count). The van der Waals surface area contributed by atoms with Gasteiger partial charge in [0.2, 0.25) is 5.91 Å². The molecule has 0 bridgehead atoms. The van der Waals surface area contributed by atoms with Crippen LogP contribution in [-0.2, 0) is 11.2 Å². The van der Waals surface area contributed by atoms with E-state index in [1.54, 1.807) is 0 Å². The van der Waals surface area contributed by atoms with E-state index in [4.69, 9.17) is 11.3 Å². The monoisotopic (exact) mass is 268 g/mol. The lowest BCUT2D eigenvalue weighted by molar-refractivity contribution is -0.118. The minimum absolute atomic E-state index is 0.0138. The zero-order chi connectivity index (χ0) is 14.4. The van der Waals surface area contributed by atoms with E-state index in [0.717, 1.165) is 17.2 Å². The van der Waals surface area contributed by atoms with Gasteiger partial charge >= 0.3 is 6.73 Å². The van der Waals surface area contributed by atoms with Crippen LogP contribution in [0.4, 0.5) is 0 Å². The van der Waals surface area contributed by atoms with Gasteiger partial charge in [0.05, 0.1) is 0 Å². The Balaban J connectivity index is 2.20. The Morgan fingerprint density at radius 1 is 1.35 bits per heavy atom. The van der Waals surface area contributed by atoms with Crippen LogP contribution in [-0.4, -0.2) is 19.2 Å². The highest BCUT2D eigenvalue weighted by molar-refractivity contribution is 5.87. The van der Waals surface area contributed by atoms with Gasteiger partial charge in [-0.05, 0) is 34.9 Å². The Kier molecular flexibility index (Phi) is 4.56. The SMILES string of the molecule is [C-]#[N+]COc1ccc2c(CCNC(C)=O)cccc2c1. The van der Waals surface area contributed by atoms with Gasteiger partial charge in [0.25, 0.3) is 0 Å². The van der Waals surface area contributed by atoms with E-state index in [0.29, 0.717) is 12.3 Å². The standard InChI is InChI=1S/C16H16N2O2/c1-12(19)18-9-8-13-4-3-5-14-10-15(20-11-17-2)6-7-16(13)14/h3-7,10H,8-9,11H2,1H3,(H,18,19). The molecule has 4 heteroatoms. The fourth-order valence-corrected chi connectivity index (χ4v) is 2.12. The Hall–Kier alpha value is -2.54. The average molecular weight is 268 g/mol. The molecule has 0 fully saturated rings. The van der Waals surface area contributed by atoms with Crippen molar-refractivity contribution >= 4 is 16.7 Å². The molecule has 0 heterocycles. The minimum Gasteiger partial charge on any atom is -0.426 e. The summed E-state index contributed by atoms with van der Waals surface area (Å²) < 4.78 is 5.30. The van der Waals surface area contributed by atoms with E-state index >= 15 is 0 Å². The average Bonchev–Trinajstić information content (AvgIpc) is 2.44. The molecule has 0 aromatic heterocycles. The number of carbonyl (C=O) groups is 1. The van der Waals surface area contributed by atoms with Crippen LogP contribution in [0.15, 0.2) is 36.4 Å². The van der Waals surface area contributed by atoms with Crippen molar-refractivity contribution in [3.8, 4) is 5.75 Å². The van der Waals surface area contributed by atoms with Gasteiger partial charge in [0.15, 0.2) is 0 Å². The van der Waals surface area contributed by atoms with Crippen LogP contribution in [0.5, 0.6) is 5.75 Å². The highest BCUT2D eigenvalue weighted by Crippen LogP contribution is 2.24. The molecule has 0 saturated heterocycles. The molecule has 1 amide bonds. The van der Waals surface area contributed by atoms with Crippen molar-refractivity contribution < 1.29 is 9.53 Å². The van der Waals surface area contributed by atoms with Crippen molar-refractivity contribution in [2.24, 2.45) is 0 Å². The van der Waals surface area contributed by atoms with Crippen molar-refractivity contribution in [3.05, 3.63) is 53.4 Å². The van der Waals surface area contributed by atoms with Gasteiger partial charge in [-0.25, -0.2) is 6.57 Å². The number of fused-ring (bicyclic) bond motifs is 1. The Morgan fingerprint density at radius 3 is 2.95 bits per heavy atom. The van der Waals surface area contributed by atoms with Crippen LogP contribution in [0, 0.1) is 6.57 Å². The molecule has 0 radical (unpaired) electrons. The van der Waals surface area contributed by atoms with E-state index in [1.807, 2.05) is 30.3 Å². The minimum atomic E-state index is -0.0138. The second kappa shape index (κ2) is 6.58. The summed E-state index contributed by atoms with van der Waals surface area (Å²) in [7, 11) is 0. The lowest BCUT2D eigenvalue weighted by Gasteiger charge is -2.08. The summed E-state index contributed by atoms with van der Waals surface area (Å²) in [6.07, 6.45) is 0.791. The molecular weight excluding hydrogens is 252 g/mol. The Bertz CT molecular complexity index is 659. The number of nitrogens with zero attached hydrogens (tertiary/aromatic N) is 1. The second-order valence-corrected chi connectivity index (χ2v) is 4.46. The normalized spacial score (nSPS) is 10.0. The number of benzene rings is 2. The molecule has 0 aliphatic heterocycles. The number of nitrogens with one attached hydrogen (secondary N) is 1. The number of hydrogen-bond acceptors (Lipinski definition) is 2. The first kappa shape index (κ1) is 13.9. The molecule has 20 heavy (non-hydrogen) atoms. The summed E-state index contributed by atoms with van der Waals surface area (Å²) in [6, 6.07) is 11.9. The van der Waals surface area contributed by atoms with E-state index < -0.39 is 0 Å². The molecule has 2 aromatic rings. The topological polar surface area (TPSA) is 42.7 Å². The van der Waals surface area contributed by atoms with Gasteiger partial charge in [0, 0.05) is 13.5 Å². The molecule has 0 aliphatic carbocycles. The van der Waals surface area contributed by atoms with E-state index in [-0.39, 0.29) is 12.6 Å². The predicted molar refractivity (Wildman–Crippen MR) is 78.4 cm³/mol. The largest absolute Gasteiger partial charge is 0.426 e. The van der Waals surface area contributed by atoms with Gasteiger partial charge in [-0.1, -0.05) is 24.3 Å². The van der Waals surface area contributed by atoms with Crippen LogP contribution in [0.25, 0.3) is 15.6 Å². The summed E-state index contributed by atoms with van der Waals surface area (Å²) in [5, 5.41) is 5.02. The van der Waals surface area contributed by atoms with Gasteiger partial charge in [0.1, 0.15) is 5.75 Å². The molecule has 0 aliphatic rings. The molecule has 0 saturated carbocycles. The quantitative estimate of drug-likeness (QED) is 0.847. The molecule has 4 nitrogen and oxygen atoms in total. The van der Waals surface area contributed by atoms with Crippen LogP contribution in [0.1, 0.15) is 12.5 Å². The summed E-state index contributed by atoms with van der Waals surface area (Å²) in [5.74, 6) is 0.688. The summed E-state index contributed by atoms with van der Waals surface area (Å²) in [4.78, 5) is 14.1. The van der Waals surface area contributed by atoms with Gasteiger partial charge < -0.3 is 10.1 Å². The van der Waals surface area contributed by atoms with Gasteiger partial charge in [-0.3, -0.25) is 9.64 Å². The van der Waals surface area contributed by atoms with Crippen LogP contribution >= 0.6 is 0 Å². The molecule has 0 unspecified atom stereocenters. The van der Waals surface area contributed by atoms with E-state index in [2.05, 4.69) is 16.2 Å². The zero-order valence-electron chi connectivity index (χ0n) is 11.3. The maximum Gasteiger partial charge on any atom is 0.357 e. The van der Waals surface area contributed by atoms with Crippen molar-refractivity contribution in [2.75, 3.05) is 13.3 Å². The maximum absolute atomic E-state index is 10.9. The summed E-state index contributed by atoms with van der Waals surface area (Å²) >= 11 is 0. The Labute approximate surface area is 118 Å².